The third-order valence-electron chi connectivity index (χ3n) is 3.39. The van der Waals surface area contributed by atoms with Crippen molar-refractivity contribution < 1.29 is 9.53 Å². The van der Waals surface area contributed by atoms with Gasteiger partial charge < -0.3 is 4.74 Å². The van der Waals surface area contributed by atoms with Crippen LogP contribution in [0.4, 0.5) is 0 Å². The molecule has 4 heteroatoms. The Kier molecular flexibility index (Phi) is 5.12. The molecule has 21 heavy (non-hydrogen) atoms. The average Bonchev–Trinajstić information content (AvgIpc) is 2.84. The minimum Gasteiger partial charge on any atom is -0.486 e. The quantitative estimate of drug-likeness (QED) is 0.738. The molecule has 0 saturated carbocycles. The number of ketones is 1. The largest absolute Gasteiger partial charge is 0.486 e. The maximum absolute atomic E-state index is 11.6. The van der Waals surface area contributed by atoms with Crippen LogP contribution in [0.5, 0.6) is 5.75 Å². The monoisotopic (exact) mass is 303 g/mol. The SMILES string of the molecule is CCCc1nc(COc2ccc(C)c(C)c2)sc1C(C)=O. The lowest BCUT2D eigenvalue weighted by Gasteiger charge is -2.06. The number of rotatable bonds is 6. The molecule has 0 N–H and O–H groups in total. The molecule has 2 rings (SSSR count). The fourth-order valence-electron chi connectivity index (χ4n) is 2.09. The Bertz CT molecular complexity index is 646. The molecule has 0 atom stereocenters. The van der Waals surface area contributed by atoms with Crippen LogP contribution in [0, 0.1) is 13.8 Å². The van der Waals surface area contributed by atoms with E-state index in [0.29, 0.717) is 6.61 Å². The summed E-state index contributed by atoms with van der Waals surface area (Å²) >= 11 is 1.45. The number of ether oxygens (including phenoxy) is 1. The zero-order chi connectivity index (χ0) is 15.4. The van der Waals surface area contributed by atoms with Gasteiger partial charge in [-0.3, -0.25) is 4.79 Å². The molecule has 1 aromatic carbocycles. The maximum atomic E-state index is 11.6. The fourth-order valence-corrected chi connectivity index (χ4v) is 3.01. The third-order valence-corrected chi connectivity index (χ3v) is 4.56. The number of thiazole rings is 1. The number of hydrogen-bond acceptors (Lipinski definition) is 4. The first-order chi connectivity index (χ1) is 10.0. The Hall–Kier alpha value is -1.68. The van der Waals surface area contributed by atoms with Crippen LogP contribution in [0.25, 0.3) is 0 Å². The van der Waals surface area contributed by atoms with Crippen LogP contribution in [0.2, 0.25) is 0 Å². The minimum atomic E-state index is 0.0911. The number of aryl methyl sites for hydroxylation is 3. The molecule has 0 saturated heterocycles. The summed E-state index contributed by atoms with van der Waals surface area (Å²) in [5, 5.41) is 0.863. The Balaban J connectivity index is 2.10. The maximum Gasteiger partial charge on any atom is 0.171 e. The molecular weight excluding hydrogens is 282 g/mol. The standard InChI is InChI=1S/C17H21NO2S/c1-5-6-15-17(13(4)19)21-16(18-15)10-20-14-8-7-11(2)12(3)9-14/h7-9H,5-6,10H2,1-4H3. The van der Waals surface area contributed by atoms with Crippen molar-refractivity contribution in [3.63, 3.8) is 0 Å². The van der Waals surface area contributed by atoms with Gasteiger partial charge in [0, 0.05) is 6.92 Å². The predicted octanol–water partition coefficient (Wildman–Crippen LogP) is 4.49. The van der Waals surface area contributed by atoms with Gasteiger partial charge in [-0.05, 0) is 43.5 Å². The summed E-state index contributed by atoms with van der Waals surface area (Å²) in [6, 6.07) is 6.05. The lowest BCUT2D eigenvalue weighted by atomic mass is 10.1. The summed E-state index contributed by atoms with van der Waals surface area (Å²) in [5.41, 5.74) is 3.37. The van der Waals surface area contributed by atoms with Gasteiger partial charge >= 0.3 is 0 Å². The number of nitrogens with zero attached hydrogens (tertiary/aromatic N) is 1. The van der Waals surface area contributed by atoms with E-state index in [1.165, 1.54) is 22.5 Å². The van der Waals surface area contributed by atoms with E-state index in [1.54, 1.807) is 6.92 Å². The van der Waals surface area contributed by atoms with Crippen molar-refractivity contribution in [1.82, 2.24) is 4.98 Å². The number of Topliss-reactive ketones (excluding diaryl/α,β-unsaturated/α-hetero) is 1. The molecule has 0 aliphatic carbocycles. The van der Waals surface area contributed by atoms with Crippen molar-refractivity contribution in [2.75, 3.05) is 0 Å². The third kappa shape index (κ3) is 3.91. The van der Waals surface area contributed by atoms with E-state index in [2.05, 4.69) is 31.8 Å². The highest BCUT2D eigenvalue weighted by atomic mass is 32.1. The van der Waals surface area contributed by atoms with Crippen LogP contribution in [0.15, 0.2) is 18.2 Å². The molecule has 0 radical (unpaired) electrons. The number of benzene rings is 1. The van der Waals surface area contributed by atoms with Gasteiger partial charge in [0.05, 0.1) is 10.6 Å². The number of carbonyl (C=O) groups excluding carboxylic acids is 1. The number of carbonyl (C=O) groups is 1. The van der Waals surface area contributed by atoms with Gasteiger partial charge in [-0.2, -0.15) is 0 Å². The molecule has 0 fully saturated rings. The highest BCUT2D eigenvalue weighted by Gasteiger charge is 2.14. The van der Waals surface area contributed by atoms with Crippen LogP contribution in [-0.2, 0) is 13.0 Å². The summed E-state index contributed by atoms with van der Waals surface area (Å²) in [7, 11) is 0. The van der Waals surface area contributed by atoms with Gasteiger partial charge in [0.1, 0.15) is 17.4 Å². The Labute approximate surface area is 130 Å². The van der Waals surface area contributed by atoms with Crippen molar-refractivity contribution >= 4 is 17.1 Å². The molecule has 0 amide bonds. The summed E-state index contributed by atoms with van der Waals surface area (Å²) in [6.07, 6.45) is 1.83. The summed E-state index contributed by atoms with van der Waals surface area (Å²) < 4.78 is 5.79. The van der Waals surface area contributed by atoms with Gasteiger partial charge in [-0.15, -0.1) is 11.3 Å². The lowest BCUT2D eigenvalue weighted by Crippen LogP contribution is -1.97. The van der Waals surface area contributed by atoms with Gasteiger partial charge in [0.15, 0.2) is 5.78 Å². The molecule has 0 bridgehead atoms. The molecular formula is C17H21NO2S. The Morgan fingerprint density at radius 2 is 2.05 bits per heavy atom. The van der Waals surface area contributed by atoms with Crippen LogP contribution in [0.1, 0.15) is 51.8 Å². The second-order valence-corrected chi connectivity index (χ2v) is 6.31. The second kappa shape index (κ2) is 6.85. The van der Waals surface area contributed by atoms with Gasteiger partial charge in [0.25, 0.3) is 0 Å². The topological polar surface area (TPSA) is 39.2 Å². The lowest BCUT2D eigenvalue weighted by molar-refractivity contribution is 0.102. The highest BCUT2D eigenvalue weighted by Crippen LogP contribution is 2.23. The van der Waals surface area contributed by atoms with Gasteiger partial charge in [-0.25, -0.2) is 4.98 Å². The normalized spacial score (nSPS) is 10.7. The van der Waals surface area contributed by atoms with E-state index in [9.17, 15) is 4.79 Å². The smallest absolute Gasteiger partial charge is 0.171 e. The molecule has 0 unspecified atom stereocenters. The molecule has 0 aliphatic heterocycles. The van der Waals surface area contributed by atoms with Crippen LogP contribution in [-0.4, -0.2) is 10.8 Å². The first-order valence-corrected chi connectivity index (χ1v) is 8.02. The van der Waals surface area contributed by atoms with Gasteiger partial charge in [-0.1, -0.05) is 19.4 Å². The zero-order valence-corrected chi connectivity index (χ0v) is 13.8. The van der Waals surface area contributed by atoms with Gasteiger partial charge in [0.2, 0.25) is 0 Å². The molecule has 3 nitrogen and oxygen atoms in total. The van der Waals surface area contributed by atoms with E-state index >= 15 is 0 Å². The van der Waals surface area contributed by atoms with Crippen LogP contribution >= 0.6 is 11.3 Å². The molecule has 2 aromatic rings. The molecule has 1 heterocycles. The second-order valence-electron chi connectivity index (χ2n) is 5.22. The summed E-state index contributed by atoms with van der Waals surface area (Å²) in [6.45, 7) is 8.25. The zero-order valence-electron chi connectivity index (χ0n) is 13.0. The van der Waals surface area contributed by atoms with Crippen LogP contribution in [0.3, 0.4) is 0 Å². The highest BCUT2D eigenvalue weighted by molar-refractivity contribution is 7.13. The van der Waals surface area contributed by atoms with E-state index in [4.69, 9.17) is 4.74 Å². The molecule has 0 aliphatic rings. The van der Waals surface area contributed by atoms with Crippen molar-refractivity contribution in [3.05, 3.63) is 44.9 Å². The molecule has 112 valence electrons. The molecule has 0 spiro atoms. The molecule has 1 aromatic heterocycles. The summed E-state index contributed by atoms with van der Waals surface area (Å²) in [5.74, 6) is 0.933. The Morgan fingerprint density at radius 3 is 2.67 bits per heavy atom. The van der Waals surface area contributed by atoms with E-state index in [0.717, 1.165) is 34.2 Å². The fraction of sp³-hybridized carbons (Fsp3) is 0.412. The number of aromatic nitrogens is 1. The minimum absolute atomic E-state index is 0.0911. The van der Waals surface area contributed by atoms with E-state index < -0.39 is 0 Å². The van der Waals surface area contributed by atoms with Crippen molar-refractivity contribution in [1.29, 1.82) is 0 Å². The van der Waals surface area contributed by atoms with E-state index in [1.807, 2.05) is 12.1 Å². The van der Waals surface area contributed by atoms with Crippen molar-refractivity contribution in [3.8, 4) is 5.75 Å². The summed E-state index contributed by atoms with van der Waals surface area (Å²) in [4.78, 5) is 17.0. The average molecular weight is 303 g/mol. The van der Waals surface area contributed by atoms with Crippen LogP contribution < -0.4 is 4.74 Å². The van der Waals surface area contributed by atoms with Crippen molar-refractivity contribution in [2.24, 2.45) is 0 Å². The van der Waals surface area contributed by atoms with E-state index in [-0.39, 0.29) is 5.78 Å². The first-order valence-electron chi connectivity index (χ1n) is 7.20. The number of hydrogen-bond donors (Lipinski definition) is 0. The first kappa shape index (κ1) is 15.7. The predicted molar refractivity (Wildman–Crippen MR) is 86.4 cm³/mol. The Morgan fingerprint density at radius 1 is 1.29 bits per heavy atom. The van der Waals surface area contributed by atoms with Crippen molar-refractivity contribution in [2.45, 2.75) is 47.1 Å².